The standard InChI is InChI=1S/C14H10BrF2NO/c1-14(11-5-10(16)2-3-12(11)17)13(19-14)8-4-9(15)7-18-6-8/h2-7,13H,1H3/t13?,14-/m1/s1. The minimum atomic E-state index is -0.839. The quantitative estimate of drug-likeness (QED) is 0.776. The van der Waals surface area contributed by atoms with Gasteiger partial charge in [0.15, 0.2) is 0 Å². The maximum Gasteiger partial charge on any atom is 0.129 e. The molecule has 1 unspecified atom stereocenters. The van der Waals surface area contributed by atoms with Crippen LogP contribution in [0.4, 0.5) is 8.78 Å². The minimum Gasteiger partial charge on any atom is -0.356 e. The Morgan fingerprint density at radius 1 is 1.26 bits per heavy atom. The van der Waals surface area contributed by atoms with Gasteiger partial charge in [-0.15, -0.1) is 0 Å². The summed E-state index contributed by atoms with van der Waals surface area (Å²) in [5.41, 5.74) is 0.229. The maximum absolute atomic E-state index is 13.8. The largest absolute Gasteiger partial charge is 0.356 e. The normalized spacial score (nSPS) is 25.4. The van der Waals surface area contributed by atoms with Crippen molar-refractivity contribution in [2.75, 3.05) is 0 Å². The zero-order chi connectivity index (χ0) is 13.6. The Balaban J connectivity index is 1.97. The van der Waals surface area contributed by atoms with Crippen molar-refractivity contribution in [3.8, 4) is 0 Å². The van der Waals surface area contributed by atoms with Crippen LogP contribution in [0.5, 0.6) is 0 Å². The van der Waals surface area contributed by atoms with Gasteiger partial charge in [-0.2, -0.15) is 0 Å². The smallest absolute Gasteiger partial charge is 0.129 e. The van der Waals surface area contributed by atoms with Crippen LogP contribution in [0, 0.1) is 11.6 Å². The predicted molar refractivity (Wildman–Crippen MR) is 69.5 cm³/mol. The molecule has 98 valence electrons. The van der Waals surface area contributed by atoms with Crippen LogP contribution >= 0.6 is 15.9 Å². The first-order valence-corrected chi connectivity index (χ1v) is 6.54. The molecule has 1 aromatic heterocycles. The predicted octanol–water partition coefficient (Wildman–Crippen LogP) is 4.11. The lowest BCUT2D eigenvalue weighted by molar-refractivity contribution is 0.306. The van der Waals surface area contributed by atoms with E-state index in [0.717, 1.165) is 22.2 Å². The van der Waals surface area contributed by atoms with Crippen molar-refractivity contribution < 1.29 is 13.5 Å². The highest BCUT2D eigenvalue weighted by atomic mass is 79.9. The molecule has 0 saturated carbocycles. The van der Waals surface area contributed by atoms with Crippen LogP contribution in [0.1, 0.15) is 24.2 Å². The number of halogens is 3. The van der Waals surface area contributed by atoms with E-state index in [9.17, 15) is 8.78 Å². The summed E-state index contributed by atoms with van der Waals surface area (Å²) >= 11 is 3.33. The Kier molecular flexibility index (Phi) is 2.91. The van der Waals surface area contributed by atoms with Crippen LogP contribution in [0.3, 0.4) is 0 Å². The van der Waals surface area contributed by atoms with Crippen LogP contribution < -0.4 is 0 Å². The number of aromatic nitrogens is 1. The monoisotopic (exact) mass is 325 g/mol. The summed E-state index contributed by atoms with van der Waals surface area (Å²) in [6.45, 7) is 1.75. The molecule has 0 spiro atoms. The minimum absolute atomic E-state index is 0.234. The van der Waals surface area contributed by atoms with Crippen molar-refractivity contribution in [3.63, 3.8) is 0 Å². The van der Waals surface area contributed by atoms with Crippen LogP contribution in [-0.4, -0.2) is 4.98 Å². The molecular formula is C14H10BrF2NO. The van der Waals surface area contributed by atoms with Gasteiger partial charge in [0, 0.05) is 28.0 Å². The molecule has 0 amide bonds. The van der Waals surface area contributed by atoms with E-state index in [1.165, 1.54) is 6.07 Å². The summed E-state index contributed by atoms with van der Waals surface area (Å²) in [6, 6.07) is 5.26. The first-order chi connectivity index (χ1) is 9.00. The highest BCUT2D eigenvalue weighted by Crippen LogP contribution is 2.57. The van der Waals surface area contributed by atoms with Crippen molar-refractivity contribution >= 4 is 15.9 Å². The summed E-state index contributed by atoms with van der Waals surface area (Å²) in [4.78, 5) is 4.05. The molecule has 5 heteroatoms. The van der Waals surface area contributed by atoms with Crippen molar-refractivity contribution in [2.45, 2.75) is 18.6 Å². The summed E-state index contributed by atoms with van der Waals surface area (Å²) < 4.78 is 33.5. The van der Waals surface area contributed by atoms with Crippen LogP contribution in [0.25, 0.3) is 0 Å². The Labute approximate surface area is 117 Å². The average Bonchev–Trinajstić information content (AvgIpc) is 3.06. The Morgan fingerprint density at radius 2 is 2.05 bits per heavy atom. The van der Waals surface area contributed by atoms with Gasteiger partial charge >= 0.3 is 0 Å². The second kappa shape index (κ2) is 4.35. The highest BCUT2D eigenvalue weighted by Gasteiger charge is 2.56. The molecule has 19 heavy (non-hydrogen) atoms. The summed E-state index contributed by atoms with van der Waals surface area (Å²) in [7, 11) is 0. The van der Waals surface area contributed by atoms with E-state index >= 15 is 0 Å². The molecule has 1 aliphatic rings. The zero-order valence-electron chi connectivity index (χ0n) is 10.0. The fourth-order valence-corrected chi connectivity index (χ4v) is 2.63. The topological polar surface area (TPSA) is 25.4 Å². The van der Waals surface area contributed by atoms with Crippen LogP contribution in [0.2, 0.25) is 0 Å². The number of benzene rings is 1. The average molecular weight is 326 g/mol. The second-order valence-electron chi connectivity index (χ2n) is 4.67. The van der Waals surface area contributed by atoms with Crippen molar-refractivity contribution in [1.29, 1.82) is 0 Å². The van der Waals surface area contributed by atoms with E-state index in [0.29, 0.717) is 0 Å². The van der Waals surface area contributed by atoms with Gasteiger partial charge in [-0.05, 0) is 47.1 Å². The molecule has 3 rings (SSSR count). The fraction of sp³-hybridized carbons (Fsp3) is 0.214. The number of nitrogens with zero attached hydrogens (tertiary/aromatic N) is 1. The molecule has 2 atom stereocenters. The zero-order valence-corrected chi connectivity index (χ0v) is 11.6. The molecular weight excluding hydrogens is 316 g/mol. The Hall–Kier alpha value is -1.33. The van der Waals surface area contributed by atoms with Gasteiger partial charge in [0.1, 0.15) is 23.3 Å². The van der Waals surface area contributed by atoms with Gasteiger partial charge in [-0.1, -0.05) is 0 Å². The SMILES string of the molecule is C[C@]1(c2cc(F)ccc2F)OC1c1cncc(Br)c1. The number of pyridine rings is 1. The first kappa shape index (κ1) is 12.7. The molecule has 0 N–H and O–H groups in total. The van der Waals surface area contributed by atoms with Gasteiger partial charge in [0.05, 0.1) is 0 Å². The molecule has 2 nitrogen and oxygen atoms in total. The van der Waals surface area contributed by atoms with Gasteiger partial charge in [-0.25, -0.2) is 8.78 Å². The lowest BCUT2D eigenvalue weighted by Crippen LogP contribution is -2.08. The Morgan fingerprint density at radius 3 is 2.79 bits per heavy atom. The van der Waals surface area contributed by atoms with Gasteiger partial charge in [0.2, 0.25) is 0 Å². The number of ether oxygens (including phenoxy) is 1. The van der Waals surface area contributed by atoms with E-state index in [1.54, 1.807) is 19.3 Å². The molecule has 1 aliphatic heterocycles. The summed E-state index contributed by atoms with van der Waals surface area (Å²) in [5, 5.41) is 0. The van der Waals surface area contributed by atoms with E-state index in [1.807, 2.05) is 6.07 Å². The molecule has 2 heterocycles. The van der Waals surface area contributed by atoms with Crippen molar-refractivity contribution in [2.24, 2.45) is 0 Å². The number of hydrogen-bond donors (Lipinski definition) is 0. The van der Waals surface area contributed by atoms with Crippen LogP contribution in [0.15, 0.2) is 41.1 Å². The lowest BCUT2D eigenvalue weighted by Gasteiger charge is -2.08. The van der Waals surface area contributed by atoms with Gasteiger partial charge in [0.25, 0.3) is 0 Å². The highest BCUT2D eigenvalue weighted by molar-refractivity contribution is 9.10. The third-order valence-corrected chi connectivity index (χ3v) is 3.73. The number of hydrogen-bond acceptors (Lipinski definition) is 2. The molecule has 2 aromatic rings. The van der Waals surface area contributed by atoms with E-state index < -0.39 is 17.2 Å². The second-order valence-corrected chi connectivity index (χ2v) is 5.58. The summed E-state index contributed by atoms with van der Waals surface area (Å²) in [6.07, 6.45) is 3.01. The van der Waals surface area contributed by atoms with E-state index in [4.69, 9.17) is 4.74 Å². The molecule has 1 aromatic carbocycles. The third-order valence-electron chi connectivity index (χ3n) is 3.30. The van der Waals surface area contributed by atoms with E-state index in [2.05, 4.69) is 20.9 Å². The first-order valence-electron chi connectivity index (χ1n) is 5.74. The molecule has 1 saturated heterocycles. The molecule has 0 aliphatic carbocycles. The molecule has 0 bridgehead atoms. The fourth-order valence-electron chi connectivity index (χ4n) is 2.25. The number of epoxide rings is 1. The summed E-state index contributed by atoms with van der Waals surface area (Å²) in [5.74, 6) is -0.936. The van der Waals surface area contributed by atoms with Crippen molar-refractivity contribution in [3.05, 3.63) is 63.9 Å². The lowest BCUT2D eigenvalue weighted by atomic mass is 9.93. The maximum atomic E-state index is 13.8. The Bertz CT molecular complexity index is 649. The molecule has 1 fully saturated rings. The third kappa shape index (κ3) is 2.17. The van der Waals surface area contributed by atoms with Crippen molar-refractivity contribution in [1.82, 2.24) is 4.98 Å². The van der Waals surface area contributed by atoms with E-state index in [-0.39, 0.29) is 11.7 Å². The molecule has 0 radical (unpaired) electrons. The number of rotatable bonds is 2. The van der Waals surface area contributed by atoms with Gasteiger partial charge in [-0.3, -0.25) is 4.98 Å². The van der Waals surface area contributed by atoms with Crippen LogP contribution in [-0.2, 0) is 10.3 Å². The van der Waals surface area contributed by atoms with Gasteiger partial charge < -0.3 is 4.74 Å².